The minimum absolute atomic E-state index is 0.0271. The molecule has 0 spiro atoms. The van der Waals surface area contributed by atoms with E-state index in [0.29, 0.717) is 18.1 Å². The Morgan fingerprint density at radius 3 is 2.59 bits per heavy atom. The number of aryl methyl sites for hydroxylation is 1. The van der Waals surface area contributed by atoms with Gasteiger partial charge in [0.05, 0.1) is 24.3 Å². The predicted octanol–water partition coefficient (Wildman–Crippen LogP) is 2.25. The van der Waals surface area contributed by atoms with Crippen molar-refractivity contribution in [3.05, 3.63) is 24.0 Å². The van der Waals surface area contributed by atoms with Gasteiger partial charge in [0.2, 0.25) is 16.0 Å². The van der Waals surface area contributed by atoms with Crippen LogP contribution in [0.5, 0.6) is 0 Å². The number of halogens is 1. The Balaban J connectivity index is 1.79. The van der Waals surface area contributed by atoms with Crippen LogP contribution in [0.4, 0.5) is 10.3 Å². The van der Waals surface area contributed by atoms with Gasteiger partial charge in [0, 0.05) is 18.1 Å². The molecule has 2 atom stereocenters. The summed E-state index contributed by atoms with van der Waals surface area (Å²) >= 11 is 0. The normalized spacial score (nSPS) is 20.4. The van der Waals surface area contributed by atoms with Gasteiger partial charge in [-0.3, -0.25) is 0 Å². The molecule has 0 aromatic carbocycles. The third-order valence-corrected chi connectivity index (χ3v) is 5.39. The van der Waals surface area contributed by atoms with Crippen molar-refractivity contribution in [3.63, 3.8) is 0 Å². The van der Waals surface area contributed by atoms with Crippen LogP contribution >= 0.6 is 0 Å². The van der Waals surface area contributed by atoms with Gasteiger partial charge in [0.25, 0.3) is 0 Å². The molecule has 0 radical (unpaired) electrons. The molecule has 0 saturated heterocycles. The molecule has 0 unspecified atom stereocenters. The lowest BCUT2D eigenvalue weighted by molar-refractivity contribution is 0.555. The van der Waals surface area contributed by atoms with Crippen molar-refractivity contribution in [2.24, 2.45) is 0 Å². The summed E-state index contributed by atoms with van der Waals surface area (Å²) in [5, 5.41) is 3.20. The summed E-state index contributed by atoms with van der Waals surface area (Å²) in [6.07, 6.45) is 6.07. The van der Waals surface area contributed by atoms with Crippen LogP contribution in [0.25, 0.3) is 11.4 Å². The first kappa shape index (κ1) is 19.7. The van der Waals surface area contributed by atoms with Gasteiger partial charge in [0.15, 0.2) is 5.82 Å². The Kier molecular flexibility index (Phi) is 5.48. The Bertz CT molecular complexity index is 928. The number of aromatic nitrogens is 4. The van der Waals surface area contributed by atoms with Gasteiger partial charge in [-0.05, 0) is 40.0 Å². The van der Waals surface area contributed by atoms with E-state index in [2.05, 4.69) is 25.0 Å². The monoisotopic (exact) mass is 396 g/mol. The van der Waals surface area contributed by atoms with E-state index in [0.717, 1.165) is 31.1 Å². The van der Waals surface area contributed by atoms with E-state index >= 15 is 0 Å². The Labute approximate surface area is 158 Å². The molecule has 1 aliphatic carbocycles. The molecule has 0 bridgehead atoms. The zero-order valence-electron chi connectivity index (χ0n) is 15.9. The SMILES string of the molecule is Cc1ncc(-c2nc(N[C@@H]3CC[C@H](NS(C)(=O)=O)C3)ncc2F)n1C(C)C. The van der Waals surface area contributed by atoms with Crippen molar-refractivity contribution < 1.29 is 12.8 Å². The molecule has 0 aliphatic heterocycles. The predicted molar refractivity (Wildman–Crippen MR) is 101 cm³/mol. The fourth-order valence-corrected chi connectivity index (χ4v) is 4.42. The maximum atomic E-state index is 14.4. The van der Waals surface area contributed by atoms with E-state index in [1.165, 1.54) is 0 Å². The quantitative estimate of drug-likeness (QED) is 0.777. The summed E-state index contributed by atoms with van der Waals surface area (Å²) in [4.78, 5) is 12.7. The molecular formula is C17H25FN6O2S. The molecule has 27 heavy (non-hydrogen) atoms. The fraction of sp³-hybridized carbons (Fsp3) is 0.588. The maximum absolute atomic E-state index is 14.4. The summed E-state index contributed by atoms with van der Waals surface area (Å²) < 4.78 is 41.7. The van der Waals surface area contributed by atoms with Crippen LogP contribution in [0.15, 0.2) is 12.4 Å². The highest BCUT2D eigenvalue weighted by molar-refractivity contribution is 7.88. The van der Waals surface area contributed by atoms with Crippen LogP contribution in [0.2, 0.25) is 0 Å². The molecule has 10 heteroatoms. The van der Waals surface area contributed by atoms with Crippen LogP contribution in [-0.2, 0) is 10.0 Å². The molecule has 8 nitrogen and oxygen atoms in total. The van der Waals surface area contributed by atoms with Crippen LogP contribution in [-0.4, -0.2) is 46.3 Å². The number of nitrogens with zero attached hydrogens (tertiary/aromatic N) is 4. The zero-order valence-corrected chi connectivity index (χ0v) is 16.7. The van der Waals surface area contributed by atoms with Crippen molar-refractivity contribution in [2.75, 3.05) is 11.6 Å². The highest BCUT2D eigenvalue weighted by Crippen LogP contribution is 2.27. The minimum Gasteiger partial charge on any atom is -0.351 e. The molecule has 2 aromatic heterocycles. The van der Waals surface area contributed by atoms with E-state index in [1.807, 2.05) is 25.3 Å². The lowest BCUT2D eigenvalue weighted by Gasteiger charge is -2.16. The summed E-state index contributed by atoms with van der Waals surface area (Å²) in [5.41, 5.74) is 0.805. The number of rotatable bonds is 6. The van der Waals surface area contributed by atoms with E-state index in [1.54, 1.807) is 6.20 Å². The van der Waals surface area contributed by atoms with E-state index in [4.69, 9.17) is 0 Å². The van der Waals surface area contributed by atoms with Gasteiger partial charge >= 0.3 is 0 Å². The molecular weight excluding hydrogens is 371 g/mol. The Hall–Kier alpha value is -2.07. The molecule has 2 N–H and O–H groups in total. The van der Waals surface area contributed by atoms with E-state index in [-0.39, 0.29) is 23.8 Å². The third-order valence-electron chi connectivity index (χ3n) is 4.63. The van der Waals surface area contributed by atoms with Gasteiger partial charge in [-0.1, -0.05) is 0 Å². The molecule has 0 amide bonds. The van der Waals surface area contributed by atoms with Crippen LogP contribution in [0.3, 0.4) is 0 Å². The van der Waals surface area contributed by atoms with Gasteiger partial charge < -0.3 is 9.88 Å². The lowest BCUT2D eigenvalue weighted by Crippen LogP contribution is -2.33. The van der Waals surface area contributed by atoms with E-state index in [9.17, 15) is 12.8 Å². The van der Waals surface area contributed by atoms with Gasteiger partial charge in [-0.25, -0.2) is 32.5 Å². The number of anilines is 1. The molecule has 2 aromatic rings. The van der Waals surface area contributed by atoms with Gasteiger partial charge in [-0.15, -0.1) is 0 Å². The second-order valence-corrected chi connectivity index (χ2v) is 9.07. The topological polar surface area (TPSA) is 102 Å². The summed E-state index contributed by atoms with van der Waals surface area (Å²) in [6.45, 7) is 5.88. The smallest absolute Gasteiger partial charge is 0.223 e. The minimum atomic E-state index is -3.23. The summed E-state index contributed by atoms with van der Waals surface area (Å²) in [7, 11) is -3.23. The van der Waals surface area contributed by atoms with Crippen LogP contribution in [0, 0.1) is 12.7 Å². The first-order chi connectivity index (χ1) is 12.6. The van der Waals surface area contributed by atoms with E-state index < -0.39 is 15.8 Å². The van der Waals surface area contributed by atoms with Crippen molar-refractivity contribution in [1.82, 2.24) is 24.2 Å². The molecule has 1 aliphatic rings. The standard InChI is InChI=1S/C17H25FN6O2S/c1-10(2)24-11(3)19-9-15(24)16-14(18)8-20-17(22-16)21-12-5-6-13(7-12)23-27(4,25)26/h8-10,12-13,23H,5-7H2,1-4H3,(H,20,21,22)/t12-,13+/m1/s1. The largest absolute Gasteiger partial charge is 0.351 e. The first-order valence-corrected chi connectivity index (χ1v) is 10.8. The Morgan fingerprint density at radius 1 is 1.22 bits per heavy atom. The van der Waals surface area contributed by atoms with Crippen molar-refractivity contribution in [3.8, 4) is 11.4 Å². The van der Waals surface area contributed by atoms with Crippen molar-refractivity contribution in [1.29, 1.82) is 0 Å². The van der Waals surface area contributed by atoms with Crippen LogP contribution < -0.4 is 10.0 Å². The second kappa shape index (κ2) is 7.51. The molecule has 148 valence electrons. The average Bonchev–Trinajstić information content (AvgIpc) is 3.14. The van der Waals surface area contributed by atoms with Crippen molar-refractivity contribution in [2.45, 2.75) is 58.2 Å². The molecule has 3 rings (SSSR count). The highest BCUT2D eigenvalue weighted by atomic mass is 32.2. The Morgan fingerprint density at radius 2 is 1.93 bits per heavy atom. The molecule has 1 saturated carbocycles. The van der Waals surface area contributed by atoms with Crippen molar-refractivity contribution >= 4 is 16.0 Å². The lowest BCUT2D eigenvalue weighted by atomic mass is 10.2. The number of imidazole rings is 1. The van der Waals surface area contributed by atoms with Gasteiger partial charge in [-0.2, -0.15) is 0 Å². The summed E-state index contributed by atoms with van der Waals surface area (Å²) in [5.74, 6) is 0.606. The van der Waals surface area contributed by atoms with Crippen LogP contribution in [0.1, 0.15) is 45.0 Å². The second-order valence-electron chi connectivity index (χ2n) is 7.29. The molecule has 1 fully saturated rings. The highest BCUT2D eigenvalue weighted by Gasteiger charge is 2.27. The summed E-state index contributed by atoms with van der Waals surface area (Å²) in [6, 6.07) is 0.0349. The fourth-order valence-electron chi connectivity index (χ4n) is 3.60. The van der Waals surface area contributed by atoms with Gasteiger partial charge in [0.1, 0.15) is 11.5 Å². The number of hydrogen-bond donors (Lipinski definition) is 2. The third kappa shape index (κ3) is 4.62. The first-order valence-electron chi connectivity index (χ1n) is 8.94. The maximum Gasteiger partial charge on any atom is 0.223 e. The average molecular weight is 396 g/mol. The number of sulfonamides is 1. The molecule has 2 heterocycles. The number of nitrogens with one attached hydrogen (secondary N) is 2. The zero-order chi connectivity index (χ0) is 19.8. The number of hydrogen-bond acceptors (Lipinski definition) is 6.